The predicted molar refractivity (Wildman–Crippen MR) is 89.4 cm³/mol. The van der Waals surface area contributed by atoms with Crippen molar-refractivity contribution in [2.45, 2.75) is 38.4 Å². The number of hydrogen-bond acceptors (Lipinski definition) is 4. The number of hydrogen-bond donors (Lipinski definition) is 3. The topological polar surface area (TPSA) is 77.2 Å². The van der Waals surface area contributed by atoms with Crippen molar-refractivity contribution in [3.8, 4) is 0 Å². The molecule has 0 saturated carbocycles. The van der Waals surface area contributed by atoms with E-state index >= 15 is 0 Å². The molecule has 6 nitrogen and oxygen atoms in total. The number of nitrogens with zero attached hydrogens (tertiary/aromatic N) is 1. The van der Waals surface area contributed by atoms with Gasteiger partial charge in [-0.05, 0) is 25.3 Å². The Hall–Kier alpha value is -1.87. The van der Waals surface area contributed by atoms with Crippen LogP contribution in [0.1, 0.15) is 44.9 Å². The maximum Gasteiger partial charge on any atom is 0.405 e. The van der Waals surface area contributed by atoms with Crippen molar-refractivity contribution in [2.24, 2.45) is 0 Å². The van der Waals surface area contributed by atoms with Crippen LogP contribution in [0.15, 0.2) is 0 Å². The number of piperazine rings is 1. The van der Waals surface area contributed by atoms with Crippen molar-refractivity contribution >= 4 is 11.7 Å². The lowest BCUT2D eigenvalue weighted by atomic mass is 9.94. The second kappa shape index (κ2) is 7.40. The van der Waals surface area contributed by atoms with Crippen molar-refractivity contribution in [1.29, 1.82) is 0 Å². The molecule has 1 atom stereocenters. The minimum atomic E-state index is -4.43. The highest BCUT2D eigenvalue weighted by Gasteiger charge is 2.44. The number of aromatic amines is 1. The van der Waals surface area contributed by atoms with E-state index in [9.17, 15) is 22.8 Å². The Morgan fingerprint density at radius 1 is 1.27 bits per heavy atom. The first kappa shape index (κ1) is 18.9. The molecule has 2 heterocycles. The Morgan fingerprint density at radius 3 is 2.58 bits per heavy atom. The fourth-order valence-corrected chi connectivity index (χ4v) is 3.72. The zero-order valence-corrected chi connectivity index (χ0v) is 14.6. The molecule has 1 saturated heterocycles. The minimum Gasteiger partial charge on any atom is -0.354 e. The first-order valence-corrected chi connectivity index (χ1v) is 8.83. The van der Waals surface area contributed by atoms with Crippen LogP contribution in [-0.2, 0) is 6.42 Å². The van der Waals surface area contributed by atoms with E-state index in [0.29, 0.717) is 49.2 Å². The lowest BCUT2D eigenvalue weighted by Gasteiger charge is -2.35. The van der Waals surface area contributed by atoms with Gasteiger partial charge in [0.2, 0.25) is 0 Å². The van der Waals surface area contributed by atoms with Crippen molar-refractivity contribution in [1.82, 2.24) is 20.5 Å². The van der Waals surface area contributed by atoms with Crippen LogP contribution in [0.5, 0.6) is 0 Å². The third kappa shape index (κ3) is 3.78. The van der Waals surface area contributed by atoms with E-state index in [4.69, 9.17) is 0 Å². The third-order valence-electron chi connectivity index (χ3n) is 5.09. The Bertz CT molecular complexity index is 693. The van der Waals surface area contributed by atoms with Gasteiger partial charge in [0.05, 0.1) is 0 Å². The Labute approximate surface area is 149 Å². The SMILES string of the molecule is Cc1c(C(=O)NCC(N2CCNCC2)C(F)(F)F)[nH]c2c1C(=O)CCC2. The summed E-state index contributed by atoms with van der Waals surface area (Å²) in [4.78, 5) is 28.8. The summed E-state index contributed by atoms with van der Waals surface area (Å²) in [6, 6.07) is -1.72. The number of aryl methyl sites for hydroxylation is 1. The van der Waals surface area contributed by atoms with Crippen LogP contribution in [0.4, 0.5) is 13.2 Å². The van der Waals surface area contributed by atoms with E-state index in [1.54, 1.807) is 6.92 Å². The zero-order chi connectivity index (χ0) is 18.9. The fraction of sp³-hybridized carbons (Fsp3) is 0.647. The van der Waals surface area contributed by atoms with Crippen LogP contribution in [-0.4, -0.2) is 66.5 Å². The van der Waals surface area contributed by atoms with Crippen LogP contribution in [0.2, 0.25) is 0 Å². The molecule has 1 aromatic heterocycles. The van der Waals surface area contributed by atoms with Gasteiger partial charge in [-0.3, -0.25) is 14.5 Å². The lowest BCUT2D eigenvalue weighted by molar-refractivity contribution is -0.183. The second-order valence-electron chi connectivity index (χ2n) is 6.81. The van der Waals surface area contributed by atoms with E-state index < -0.39 is 24.7 Å². The number of ketones is 1. The van der Waals surface area contributed by atoms with Gasteiger partial charge in [0, 0.05) is 50.4 Å². The number of rotatable bonds is 4. The van der Waals surface area contributed by atoms with Crippen LogP contribution >= 0.6 is 0 Å². The van der Waals surface area contributed by atoms with Gasteiger partial charge >= 0.3 is 6.18 Å². The van der Waals surface area contributed by atoms with Gasteiger partial charge < -0.3 is 15.6 Å². The Kier molecular flexibility index (Phi) is 5.38. The van der Waals surface area contributed by atoms with Crippen molar-refractivity contribution in [2.75, 3.05) is 32.7 Å². The molecule has 26 heavy (non-hydrogen) atoms. The summed E-state index contributed by atoms with van der Waals surface area (Å²) < 4.78 is 40.2. The van der Waals surface area contributed by atoms with E-state index in [2.05, 4.69) is 15.6 Å². The summed E-state index contributed by atoms with van der Waals surface area (Å²) in [5, 5.41) is 5.42. The molecule has 0 radical (unpaired) electrons. The van der Waals surface area contributed by atoms with Gasteiger partial charge in [-0.15, -0.1) is 0 Å². The normalized spacial score (nSPS) is 19.9. The van der Waals surface area contributed by atoms with Crippen LogP contribution < -0.4 is 10.6 Å². The average molecular weight is 372 g/mol. The zero-order valence-electron chi connectivity index (χ0n) is 14.6. The predicted octanol–water partition coefficient (Wildman–Crippen LogP) is 1.41. The van der Waals surface area contributed by atoms with E-state index in [0.717, 1.165) is 0 Å². The molecular formula is C17H23F3N4O2. The van der Waals surface area contributed by atoms with Crippen molar-refractivity contribution in [3.63, 3.8) is 0 Å². The maximum atomic E-state index is 13.4. The quantitative estimate of drug-likeness (QED) is 0.747. The number of halogens is 3. The van der Waals surface area contributed by atoms with Gasteiger partial charge in [-0.2, -0.15) is 13.2 Å². The molecule has 1 fully saturated rings. The third-order valence-corrected chi connectivity index (χ3v) is 5.09. The molecule has 1 aromatic rings. The highest BCUT2D eigenvalue weighted by atomic mass is 19.4. The molecule has 2 aliphatic rings. The summed E-state index contributed by atoms with van der Waals surface area (Å²) in [7, 11) is 0. The summed E-state index contributed by atoms with van der Waals surface area (Å²) in [6.07, 6.45) is -2.61. The molecule has 0 bridgehead atoms. The number of nitrogens with one attached hydrogen (secondary N) is 3. The molecule has 3 N–H and O–H groups in total. The maximum absolute atomic E-state index is 13.4. The second-order valence-corrected chi connectivity index (χ2v) is 6.81. The van der Waals surface area contributed by atoms with Crippen molar-refractivity contribution < 1.29 is 22.8 Å². The molecule has 1 aliphatic heterocycles. The fourth-order valence-electron chi connectivity index (χ4n) is 3.72. The molecule has 0 spiro atoms. The smallest absolute Gasteiger partial charge is 0.354 e. The van der Waals surface area contributed by atoms with Crippen LogP contribution in [0.25, 0.3) is 0 Å². The summed E-state index contributed by atoms with van der Waals surface area (Å²) in [5.74, 6) is -0.623. The number of amides is 1. The van der Waals surface area contributed by atoms with Crippen molar-refractivity contribution in [3.05, 3.63) is 22.5 Å². The molecular weight excluding hydrogens is 349 g/mol. The summed E-state index contributed by atoms with van der Waals surface area (Å²) in [6.45, 7) is 2.69. The molecule has 0 aromatic carbocycles. The van der Waals surface area contributed by atoms with Gasteiger partial charge in [0.15, 0.2) is 5.78 Å². The first-order valence-electron chi connectivity index (χ1n) is 8.83. The van der Waals surface area contributed by atoms with Gasteiger partial charge in [0.1, 0.15) is 11.7 Å². The lowest BCUT2D eigenvalue weighted by Crippen LogP contribution is -2.57. The van der Waals surface area contributed by atoms with Gasteiger partial charge in [0.25, 0.3) is 5.91 Å². The number of aromatic nitrogens is 1. The number of carbonyl (C=O) groups excluding carboxylic acids is 2. The summed E-state index contributed by atoms with van der Waals surface area (Å²) in [5.41, 5.74) is 1.94. The first-order chi connectivity index (χ1) is 12.3. The number of H-pyrrole nitrogens is 1. The molecule has 1 unspecified atom stereocenters. The number of alkyl halides is 3. The van der Waals surface area contributed by atoms with Crippen LogP contribution in [0, 0.1) is 6.92 Å². The highest BCUT2D eigenvalue weighted by Crippen LogP contribution is 2.27. The Balaban J connectivity index is 1.72. The monoisotopic (exact) mass is 372 g/mol. The Morgan fingerprint density at radius 2 is 1.96 bits per heavy atom. The van der Waals surface area contributed by atoms with E-state index in [1.807, 2.05) is 0 Å². The molecule has 3 rings (SSSR count). The van der Waals surface area contributed by atoms with Crippen LogP contribution in [0.3, 0.4) is 0 Å². The minimum absolute atomic E-state index is 0.0203. The standard InChI is InChI=1S/C17H23F3N4O2/c1-10-14-11(3-2-4-12(14)25)23-15(10)16(26)22-9-13(17(18,19)20)24-7-5-21-6-8-24/h13,21,23H,2-9H2,1H3,(H,22,26). The van der Waals surface area contributed by atoms with E-state index in [1.165, 1.54) is 4.90 Å². The average Bonchev–Trinajstić information content (AvgIpc) is 2.93. The number of fused-ring (bicyclic) bond motifs is 1. The van der Waals surface area contributed by atoms with Gasteiger partial charge in [-0.25, -0.2) is 0 Å². The highest BCUT2D eigenvalue weighted by molar-refractivity contribution is 6.04. The largest absolute Gasteiger partial charge is 0.405 e. The molecule has 9 heteroatoms. The number of carbonyl (C=O) groups is 2. The molecule has 144 valence electrons. The molecule has 1 aliphatic carbocycles. The molecule has 1 amide bonds. The van der Waals surface area contributed by atoms with Gasteiger partial charge in [-0.1, -0.05) is 0 Å². The van der Waals surface area contributed by atoms with E-state index in [-0.39, 0.29) is 24.6 Å². The summed E-state index contributed by atoms with van der Waals surface area (Å²) >= 11 is 0. The number of Topliss-reactive ketones (excluding diaryl/α,β-unsaturated/α-hetero) is 1.